The minimum Gasteiger partial charge on any atom is -0.391 e. The van der Waals surface area contributed by atoms with E-state index in [1.807, 2.05) is 0 Å². The summed E-state index contributed by atoms with van der Waals surface area (Å²) < 4.78 is 0. The Bertz CT molecular complexity index is 1440. The van der Waals surface area contributed by atoms with Gasteiger partial charge in [-0.2, -0.15) is 0 Å². The number of rotatable bonds is 12. The summed E-state index contributed by atoms with van der Waals surface area (Å²) in [5, 5.41) is 25.0. The van der Waals surface area contributed by atoms with Crippen LogP contribution >= 0.6 is 0 Å². The fourth-order valence-electron chi connectivity index (χ4n) is 5.76. The number of carbonyl (C=O) groups is 9. The molecule has 9 atom stereocenters. The Morgan fingerprint density at radius 1 is 0.926 bits per heavy atom. The summed E-state index contributed by atoms with van der Waals surface area (Å²) in [6, 6.07) is -10.5. The lowest BCUT2D eigenvalue weighted by Gasteiger charge is -2.30. The number of nitrogens with two attached hydrogens (primary N) is 4. The van der Waals surface area contributed by atoms with Gasteiger partial charge in [0, 0.05) is 6.54 Å². The quantitative estimate of drug-likeness (QED) is 0.0655. The first-order chi connectivity index (χ1) is 25.4. The second-order valence-electron chi connectivity index (χ2n) is 13.5. The lowest BCUT2D eigenvalue weighted by Crippen LogP contribution is -2.61. The van der Waals surface area contributed by atoms with Crippen LogP contribution in [0, 0.1) is 0 Å². The molecule has 54 heavy (non-hydrogen) atoms. The molecule has 0 aromatic heterocycles. The maximum Gasteiger partial charge on any atom is 0.245 e. The molecule has 9 amide bonds. The van der Waals surface area contributed by atoms with E-state index in [0.29, 0.717) is 25.8 Å². The average Bonchev–Trinajstić information content (AvgIpc) is 3.59. The summed E-state index contributed by atoms with van der Waals surface area (Å²) in [6.07, 6.45) is 2.12. The van der Waals surface area contributed by atoms with Crippen molar-refractivity contribution in [2.24, 2.45) is 22.9 Å². The summed E-state index contributed by atoms with van der Waals surface area (Å²) in [5.41, 5.74) is 22.2. The van der Waals surface area contributed by atoms with Crippen LogP contribution in [0.25, 0.3) is 0 Å². The molecule has 0 aromatic rings. The highest BCUT2D eigenvalue weighted by atomic mass is 16.3. The van der Waals surface area contributed by atoms with Crippen LogP contribution in [0.3, 0.4) is 0 Å². The van der Waals surface area contributed by atoms with Gasteiger partial charge in [-0.1, -0.05) is 18.6 Å². The van der Waals surface area contributed by atoms with Crippen LogP contribution in [0.2, 0.25) is 0 Å². The molecule has 21 heteroatoms. The molecular weight excluding hydrogens is 710 g/mol. The van der Waals surface area contributed by atoms with Gasteiger partial charge in [0.05, 0.1) is 18.6 Å². The van der Waals surface area contributed by atoms with E-state index in [2.05, 4.69) is 31.9 Å². The number of unbranched alkanes of at least 4 members (excludes halogenated alkanes) is 1. The maximum absolute atomic E-state index is 13.6. The normalized spacial score (nSPS) is 26.5. The smallest absolute Gasteiger partial charge is 0.245 e. The zero-order valence-corrected chi connectivity index (χ0v) is 30.8. The predicted molar refractivity (Wildman–Crippen MR) is 192 cm³/mol. The fourth-order valence-corrected chi connectivity index (χ4v) is 5.76. The van der Waals surface area contributed by atoms with E-state index in [-0.39, 0.29) is 32.2 Å². The Kier molecular flexibility index (Phi) is 17.9. The Morgan fingerprint density at radius 2 is 1.59 bits per heavy atom. The molecule has 0 spiro atoms. The van der Waals surface area contributed by atoms with Gasteiger partial charge in [-0.25, -0.2) is 0 Å². The second-order valence-corrected chi connectivity index (χ2v) is 13.5. The van der Waals surface area contributed by atoms with E-state index < -0.39 is 114 Å². The first-order valence-electron chi connectivity index (χ1n) is 17.9. The Hall–Kier alpha value is -5.15. The van der Waals surface area contributed by atoms with Crippen molar-refractivity contribution in [3.8, 4) is 0 Å². The van der Waals surface area contributed by atoms with Crippen molar-refractivity contribution < 1.29 is 48.3 Å². The third-order valence-electron chi connectivity index (χ3n) is 8.94. The monoisotopic (exact) mass is 765 g/mol. The number of hydrogen-bond acceptors (Lipinski definition) is 12. The van der Waals surface area contributed by atoms with Crippen LogP contribution in [-0.4, -0.2) is 131 Å². The highest BCUT2D eigenvalue weighted by Gasteiger charge is 2.39. The van der Waals surface area contributed by atoms with Gasteiger partial charge >= 0.3 is 0 Å². The van der Waals surface area contributed by atoms with Crippen LogP contribution in [-0.2, 0) is 43.2 Å². The van der Waals surface area contributed by atoms with Crippen LogP contribution in [0.15, 0.2) is 12.2 Å². The highest BCUT2D eigenvalue weighted by Crippen LogP contribution is 2.19. The molecule has 2 rings (SSSR count). The van der Waals surface area contributed by atoms with Crippen molar-refractivity contribution in [1.82, 2.24) is 36.8 Å². The first kappa shape index (κ1) is 45.0. The largest absolute Gasteiger partial charge is 0.391 e. The molecule has 0 aliphatic carbocycles. The topological polar surface area (TPSA) is 353 Å². The Morgan fingerprint density at radius 3 is 2.20 bits per heavy atom. The van der Waals surface area contributed by atoms with Gasteiger partial charge in [-0.3, -0.25) is 43.2 Å². The van der Waals surface area contributed by atoms with E-state index in [9.17, 15) is 48.3 Å². The van der Waals surface area contributed by atoms with Gasteiger partial charge in [-0.05, 0) is 65.8 Å². The summed E-state index contributed by atoms with van der Waals surface area (Å²) in [7, 11) is 0. The molecule has 0 saturated carbocycles. The number of primary amides is 2. The lowest BCUT2D eigenvalue weighted by atomic mass is 10.1. The minimum atomic E-state index is -1.68. The molecule has 2 aliphatic rings. The third kappa shape index (κ3) is 13.7. The highest BCUT2D eigenvalue weighted by molar-refractivity contribution is 5.99. The average molecular weight is 766 g/mol. The molecule has 0 bridgehead atoms. The van der Waals surface area contributed by atoms with E-state index in [1.54, 1.807) is 0 Å². The van der Waals surface area contributed by atoms with Crippen molar-refractivity contribution in [2.45, 2.75) is 127 Å². The molecule has 0 unspecified atom stereocenters. The Labute approximate surface area is 312 Å². The number of nitrogens with one attached hydrogen (secondary N) is 6. The van der Waals surface area contributed by atoms with Crippen LogP contribution in [0.5, 0.6) is 0 Å². The fraction of sp³-hybridized carbons (Fsp3) is 0.667. The molecule has 2 aliphatic heterocycles. The van der Waals surface area contributed by atoms with Gasteiger partial charge in [0.2, 0.25) is 53.2 Å². The summed E-state index contributed by atoms with van der Waals surface area (Å²) in [6.45, 7) is 4.38. The van der Waals surface area contributed by atoms with Crippen molar-refractivity contribution in [2.75, 3.05) is 13.1 Å². The molecular formula is C33H55N11O10. The van der Waals surface area contributed by atoms with Crippen molar-refractivity contribution >= 4 is 53.2 Å². The van der Waals surface area contributed by atoms with E-state index >= 15 is 0 Å². The van der Waals surface area contributed by atoms with E-state index in [4.69, 9.17) is 22.9 Å². The molecule has 2 heterocycles. The van der Waals surface area contributed by atoms with E-state index in [1.165, 1.54) is 37.8 Å². The van der Waals surface area contributed by atoms with Crippen molar-refractivity contribution in [3.63, 3.8) is 0 Å². The van der Waals surface area contributed by atoms with Crippen LogP contribution < -0.4 is 54.8 Å². The van der Waals surface area contributed by atoms with Gasteiger partial charge in [0.1, 0.15) is 42.3 Å². The molecule has 1 fully saturated rings. The summed E-state index contributed by atoms with van der Waals surface area (Å²) in [4.78, 5) is 119. The number of hydrogen-bond donors (Lipinski definition) is 11. The predicted octanol–water partition coefficient (Wildman–Crippen LogP) is -5.53. The summed E-state index contributed by atoms with van der Waals surface area (Å²) >= 11 is 0. The second kappa shape index (κ2) is 21.5. The maximum atomic E-state index is 13.6. The number of aliphatic hydroxyl groups excluding tert-OH is 1. The zero-order valence-electron chi connectivity index (χ0n) is 30.8. The molecule has 0 radical (unpaired) electrons. The van der Waals surface area contributed by atoms with Crippen LogP contribution in [0.4, 0.5) is 0 Å². The standard InChI is InChI=1S/C33H55N11O10/c1-16(26(37)47)38-28(49)20-10-4-5-11-21(40-27(48)19(35)9-6-7-13-34)29(50)42-22(15-24(36)46)30(51)43-25(18(3)45)32(53)39-17(2)33(54)44-14-8-12-23(44)31(52)41-20/h4-5,16-23,25,45H,6-15,34-35H2,1-3H3,(H2,36,46)(H2,37,47)(H,38,49)(H,39,53)(H,40,48)(H,41,52)(H,42,50)(H,43,51)/t16-,17-,18+,19-,20-,21-,22-,23-,25-/m0/s1. The van der Waals surface area contributed by atoms with Crippen LogP contribution in [0.1, 0.15) is 72.1 Å². The molecule has 1 saturated heterocycles. The Balaban J connectivity index is 2.58. The number of aliphatic hydroxyl groups is 1. The lowest BCUT2D eigenvalue weighted by molar-refractivity contribution is -0.142. The zero-order chi connectivity index (χ0) is 40.7. The number of amides is 9. The minimum absolute atomic E-state index is 0.140. The van der Waals surface area contributed by atoms with Crippen molar-refractivity contribution in [3.05, 3.63) is 12.2 Å². The SMILES string of the molecule is C[C@H](NC(=O)[C@@H]1CC=CC[C@H](NC(=O)[C@@H](N)CCCCN)C(=O)N[C@@H](CC(N)=O)C(=O)N[C@@H]([C@@H](C)O)C(=O)N[C@@H](C)C(=O)N2CCC[C@H]2C(=O)N1)C(N)=O. The van der Waals surface area contributed by atoms with Gasteiger partial charge in [0.15, 0.2) is 0 Å². The van der Waals surface area contributed by atoms with E-state index in [0.717, 1.165) is 0 Å². The van der Waals surface area contributed by atoms with Gasteiger partial charge in [0.25, 0.3) is 0 Å². The number of fused-ring (bicyclic) bond motifs is 1. The van der Waals surface area contributed by atoms with Crippen molar-refractivity contribution in [1.29, 1.82) is 0 Å². The first-order valence-corrected chi connectivity index (χ1v) is 17.9. The number of carbonyl (C=O) groups excluding carboxylic acids is 9. The molecule has 21 nitrogen and oxygen atoms in total. The third-order valence-corrected chi connectivity index (χ3v) is 8.94. The molecule has 302 valence electrons. The number of nitrogens with zero attached hydrogens (tertiary/aromatic N) is 1. The molecule has 15 N–H and O–H groups in total. The summed E-state index contributed by atoms with van der Waals surface area (Å²) in [5.74, 6) is -7.77. The van der Waals surface area contributed by atoms with Gasteiger partial charge in [-0.15, -0.1) is 0 Å². The molecule has 0 aromatic carbocycles. The van der Waals surface area contributed by atoms with Gasteiger partial charge < -0.3 is 64.8 Å².